The molecule has 0 aromatic carbocycles. The lowest BCUT2D eigenvalue weighted by atomic mass is 10.3. The molecule has 0 spiro atoms. The highest BCUT2D eigenvalue weighted by Crippen LogP contribution is 2.20. The molecule has 106 valence electrons. The van der Waals surface area contributed by atoms with Gasteiger partial charge in [0.05, 0.1) is 23.1 Å². The van der Waals surface area contributed by atoms with Gasteiger partial charge in [-0.2, -0.15) is 5.26 Å². The van der Waals surface area contributed by atoms with Crippen molar-refractivity contribution in [3.8, 4) is 11.9 Å². The summed E-state index contributed by atoms with van der Waals surface area (Å²) in [5.41, 5.74) is 0.518. The molecule has 6 heteroatoms. The Labute approximate surface area is 126 Å². The molecule has 0 saturated carbocycles. The zero-order valence-electron chi connectivity index (χ0n) is 11.2. The van der Waals surface area contributed by atoms with Crippen molar-refractivity contribution in [3.05, 3.63) is 46.3 Å². The largest absolute Gasteiger partial charge is 0.472 e. The Morgan fingerprint density at radius 2 is 2.43 bits per heavy atom. The summed E-state index contributed by atoms with van der Waals surface area (Å²) < 4.78 is 5.76. The third-order valence-corrected chi connectivity index (χ3v) is 4.17. The summed E-state index contributed by atoms with van der Waals surface area (Å²) in [7, 11) is 0. The molecule has 1 aliphatic rings. The highest BCUT2D eigenvalue weighted by molar-refractivity contribution is 7.12. The summed E-state index contributed by atoms with van der Waals surface area (Å²) in [6.45, 7) is 1.23. The van der Waals surface area contributed by atoms with Crippen LogP contribution in [0, 0.1) is 11.3 Å². The maximum absolute atomic E-state index is 12.2. The van der Waals surface area contributed by atoms with E-state index in [0.717, 1.165) is 11.3 Å². The van der Waals surface area contributed by atoms with Crippen molar-refractivity contribution in [2.24, 2.45) is 0 Å². The maximum atomic E-state index is 12.2. The van der Waals surface area contributed by atoms with Gasteiger partial charge in [-0.25, -0.2) is 4.98 Å². The number of nitriles is 1. The Morgan fingerprint density at radius 3 is 3.19 bits per heavy atom. The Morgan fingerprint density at radius 1 is 1.52 bits per heavy atom. The lowest BCUT2D eigenvalue weighted by Gasteiger charge is -2.16. The van der Waals surface area contributed by atoms with Crippen molar-refractivity contribution in [1.82, 2.24) is 9.88 Å². The van der Waals surface area contributed by atoms with Gasteiger partial charge in [0.1, 0.15) is 6.10 Å². The Balaban J connectivity index is 1.62. The fourth-order valence-corrected chi connectivity index (χ4v) is 2.97. The summed E-state index contributed by atoms with van der Waals surface area (Å²) in [4.78, 5) is 18.9. The van der Waals surface area contributed by atoms with Crippen LogP contribution in [0.1, 0.15) is 21.7 Å². The number of hydrogen-bond acceptors (Lipinski definition) is 5. The van der Waals surface area contributed by atoms with E-state index in [1.54, 1.807) is 23.2 Å². The van der Waals surface area contributed by atoms with Crippen molar-refractivity contribution in [1.29, 1.82) is 5.26 Å². The molecule has 3 rings (SSSR count). The summed E-state index contributed by atoms with van der Waals surface area (Å²) in [5.74, 6) is 0.485. The highest BCUT2D eigenvalue weighted by Gasteiger charge is 2.28. The lowest BCUT2D eigenvalue weighted by Crippen LogP contribution is -2.30. The van der Waals surface area contributed by atoms with Gasteiger partial charge in [-0.1, -0.05) is 6.07 Å². The fraction of sp³-hybridized carbons (Fsp3) is 0.267. The number of likely N-dealkylation sites (tertiary alicyclic amines) is 1. The predicted molar refractivity (Wildman–Crippen MR) is 78.2 cm³/mol. The summed E-state index contributed by atoms with van der Waals surface area (Å²) in [6, 6.07) is 9.01. The van der Waals surface area contributed by atoms with Gasteiger partial charge in [0.2, 0.25) is 5.88 Å². The number of aromatic nitrogens is 1. The van der Waals surface area contributed by atoms with Gasteiger partial charge in [-0.15, -0.1) is 11.3 Å². The van der Waals surface area contributed by atoms with Crippen LogP contribution >= 0.6 is 11.3 Å². The molecular formula is C15H13N3O2S. The minimum absolute atomic E-state index is 0.0508. The first kappa shape index (κ1) is 13.6. The Bertz CT molecular complexity index is 678. The molecular weight excluding hydrogens is 286 g/mol. The van der Waals surface area contributed by atoms with E-state index in [1.165, 1.54) is 11.3 Å². The molecule has 5 nitrogen and oxygen atoms in total. The van der Waals surface area contributed by atoms with Crippen LogP contribution in [-0.4, -0.2) is 35.0 Å². The van der Waals surface area contributed by atoms with Crippen LogP contribution in [0.2, 0.25) is 0 Å². The molecule has 1 saturated heterocycles. The zero-order chi connectivity index (χ0) is 14.7. The third kappa shape index (κ3) is 3.03. The smallest absolute Gasteiger partial charge is 0.264 e. The van der Waals surface area contributed by atoms with Crippen LogP contribution in [0.25, 0.3) is 0 Å². The SMILES string of the molecule is N#Cc1ccnc(OC2CCN(C(=O)c3cccs3)C2)c1. The second-order valence-electron chi connectivity index (χ2n) is 4.75. The van der Waals surface area contributed by atoms with Crippen LogP contribution < -0.4 is 4.74 Å². The predicted octanol–water partition coefficient (Wildman–Crippen LogP) is 2.31. The highest BCUT2D eigenvalue weighted by atomic mass is 32.1. The van der Waals surface area contributed by atoms with Crippen molar-refractivity contribution in [3.63, 3.8) is 0 Å². The van der Waals surface area contributed by atoms with Crippen molar-refractivity contribution >= 4 is 17.2 Å². The lowest BCUT2D eigenvalue weighted by molar-refractivity contribution is 0.0776. The minimum Gasteiger partial charge on any atom is -0.472 e. The van der Waals surface area contributed by atoms with E-state index in [4.69, 9.17) is 10.00 Å². The van der Waals surface area contributed by atoms with Crippen molar-refractivity contribution < 1.29 is 9.53 Å². The van der Waals surface area contributed by atoms with E-state index in [9.17, 15) is 4.79 Å². The second kappa shape index (κ2) is 5.94. The number of pyridine rings is 1. The van der Waals surface area contributed by atoms with E-state index in [-0.39, 0.29) is 12.0 Å². The van der Waals surface area contributed by atoms with Crippen LogP contribution in [0.15, 0.2) is 35.8 Å². The molecule has 0 N–H and O–H groups in total. The molecule has 1 amide bonds. The van der Waals surface area contributed by atoms with Crippen LogP contribution in [-0.2, 0) is 0 Å². The van der Waals surface area contributed by atoms with E-state index in [1.807, 2.05) is 17.5 Å². The minimum atomic E-state index is -0.0737. The molecule has 2 aromatic heterocycles. The Kier molecular flexibility index (Phi) is 3.84. The van der Waals surface area contributed by atoms with Crippen LogP contribution in [0.3, 0.4) is 0 Å². The number of carbonyl (C=O) groups is 1. The molecule has 2 aromatic rings. The average Bonchev–Trinajstić information content (AvgIpc) is 3.18. The molecule has 1 aliphatic heterocycles. The number of carbonyl (C=O) groups excluding carboxylic acids is 1. The molecule has 1 fully saturated rings. The quantitative estimate of drug-likeness (QED) is 0.872. The second-order valence-corrected chi connectivity index (χ2v) is 5.70. The summed E-state index contributed by atoms with van der Waals surface area (Å²) in [5, 5.41) is 10.8. The molecule has 1 atom stereocenters. The maximum Gasteiger partial charge on any atom is 0.264 e. The number of nitrogens with zero attached hydrogens (tertiary/aromatic N) is 3. The van der Waals surface area contributed by atoms with Gasteiger partial charge in [0.15, 0.2) is 0 Å². The third-order valence-electron chi connectivity index (χ3n) is 3.32. The van der Waals surface area contributed by atoms with E-state index >= 15 is 0 Å². The van der Waals surface area contributed by atoms with Gasteiger partial charge in [-0.3, -0.25) is 4.79 Å². The zero-order valence-corrected chi connectivity index (χ0v) is 12.0. The molecule has 3 heterocycles. The molecule has 0 aliphatic carbocycles. The monoisotopic (exact) mass is 299 g/mol. The molecule has 1 unspecified atom stereocenters. The normalized spacial score (nSPS) is 17.5. The summed E-state index contributed by atoms with van der Waals surface area (Å²) >= 11 is 1.45. The van der Waals surface area contributed by atoms with Crippen molar-refractivity contribution in [2.45, 2.75) is 12.5 Å². The molecule has 21 heavy (non-hydrogen) atoms. The van der Waals surface area contributed by atoms with Gasteiger partial charge in [0.25, 0.3) is 5.91 Å². The average molecular weight is 299 g/mol. The van der Waals surface area contributed by atoms with E-state index < -0.39 is 0 Å². The molecule has 0 radical (unpaired) electrons. The van der Waals surface area contributed by atoms with Crippen LogP contribution in [0.5, 0.6) is 5.88 Å². The van der Waals surface area contributed by atoms with E-state index in [2.05, 4.69) is 11.1 Å². The van der Waals surface area contributed by atoms with Gasteiger partial charge < -0.3 is 9.64 Å². The van der Waals surface area contributed by atoms with Crippen molar-refractivity contribution in [2.75, 3.05) is 13.1 Å². The number of amides is 1. The van der Waals surface area contributed by atoms with Gasteiger partial charge in [-0.05, 0) is 17.5 Å². The van der Waals surface area contributed by atoms with Gasteiger partial charge in [0, 0.05) is 25.2 Å². The van der Waals surface area contributed by atoms with Crippen LogP contribution in [0.4, 0.5) is 0 Å². The topological polar surface area (TPSA) is 66.2 Å². The standard InChI is InChI=1S/C15H13N3O2S/c16-9-11-3-5-17-14(8-11)20-12-4-6-18(10-12)15(19)13-2-1-7-21-13/h1-3,5,7-8,12H,4,6,10H2. The Hall–Kier alpha value is -2.39. The number of hydrogen-bond donors (Lipinski definition) is 0. The summed E-state index contributed by atoms with van der Waals surface area (Å²) in [6.07, 6.45) is 2.25. The number of thiophene rings is 1. The molecule has 0 bridgehead atoms. The van der Waals surface area contributed by atoms with E-state index in [0.29, 0.717) is 24.5 Å². The first-order valence-electron chi connectivity index (χ1n) is 6.62. The first-order valence-corrected chi connectivity index (χ1v) is 7.50. The number of ether oxygens (including phenoxy) is 1. The fourth-order valence-electron chi connectivity index (χ4n) is 2.28. The van der Waals surface area contributed by atoms with Gasteiger partial charge >= 0.3 is 0 Å². The number of rotatable bonds is 3. The first-order chi connectivity index (χ1) is 10.3.